The van der Waals surface area contributed by atoms with Crippen molar-refractivity contribution < 1.29 is 13.2 Å². The van der Waals surface area contributed by atoms with Crippen molar-refractivity contribution in [3.05, 3.63) is 35.5 Å². The lowest BCUT2D eigenvalue weighted by molar-refractivity contribution is 0.0981. The minimum Gasteiger partial charge on any atom is -0.350 e. The molecule has 0 unspecified atom stereocenters. The van der Waals surface area contributed by atoms with E-state index in [2.05, 4.69) is 17.8 Å². The van der Waals surface area contributed by atoms with Crippen LogP contribution in [0.25, 0.3) is 10.9 Å². The number of carbonyl (C=O) groups excluding carboxylic acids is 1. The molecule has 0 bridgehead atoms. The van der Waals surface area contributed by atoms with Crippen molar-refractivity contribution in [1.82, 2.24) is 9.29 Å². The molecule has 0 saturated heterocycles. The van der Waals surface area contributed by atoms with Gasteiger partial charge in [0.1, 0.15) is 0 Å². The van der Waals surface area contributed by atoms with Crippen LogP contribution < -0.4 is 4.72 Å². The van der Waals surface area contributed by atoms with Gasteiger partial charge < -0.3 is 4.57 Å². The summed E-state index contributed by atoms with van der Waals surface area (Å²) in [7, 11) is -1.54. The Labute approximate surface area is 148 Å². The zero-order valence-corrected chi connectivity index (χ0v) is 15.5. The number of benzene rings is 1. The van der Waals surface area contributed by atoms with Crippen LogP contribution in [-0.4, -0.2) is 24.1 Å². The molecule has 2 atom stereocenters. The average Bonchev–Trinajstić information content (AvgIpc) is 3.27. The van der Waals surface area contributed by atoms with Gasteiger partial charge in [-0.2, -0.15) is 0 Å². The maximum Gasteiger partial charge on any atom is 0.264 e. The predicted octanol–water partition coefficient (Wildman–Crippen LogP) is 3.30. The molecule has 1 heterocycles. The smallest absolute Gasteiger partial charge is 0.264 e. The number of hydrogen-bond donors (Lipinski definition) is 1. The highest BCUT2D eigenvalue weighted by Crippen LogP contribution is 2.41. The van der Waals surface area contributed by atoms with Gasteiger partial charge in [-0.3, -0.25) is 4.79 Å². The second-order valence-corrected chi connectivity index (χ2v) is 9.68. The van der Waals surface area contributed by atoms with Gasteiger partial charge in [0.2, 0.25) is 10.0 Å². The molecule has 5 nitrogen and oxygen atoms in total. The zero-order chi connectivity index (χ0) is 17.8. The first kappa shape index (κ1) is 16.6. The number of amides is 1. The van der Waals surface area contributed by atoms with Gasteiger partial charge in [-0.1, -0.05) is 19.4 Å². The predicted molar refractivity (Wildman–Crippen MR) is 98.1 cm³/mol. The number of nitrogens with zero attached hydrogens (tertiary/aromatic N) is 1. The Morgan fingerprint density at radius 1 is 1.20 bits per heavy atom. The van der Waals surface area contributed by atoms with Crippen molar-refractivity contribution in [3.8, 4) is 0 Å². The van der Waals surface area contributed by atoms with E-state index in [1.165, 1.54) is 30.2 Å². The van der Waals surface area contributed by atoms with E-state index in [9.17, 15) is 13.2 Å². The number of nitrogens with one attached hydrogen (secondary N) is 1. The summed E-state index contributed by atoms with van der Waals surface area (Å²) >= 11 is 0. The van der Waals surface area contributed by atoms with Crippen molar-refractivity contribution in [2.45, 2.75) is 50.2 Å². The van der Waals surface area contributed by atoms with Crippen LogP contribution in [0.1, 0.15) is 60.9 Å². The Balaban J connectivity index is 1.64. The zero-order valence-electron chi connectivity index (χ0n) is 14.7. The molecular weight excluding hydrogens is 336 g/mol. The SMILES string of the molecule is C[C@H]1CC[C@@H](c2cn(C)c3cc(C(=O)NS(=O)(=O)C4CC4)ccc23)C1. The molecule has 1 aromatic carbocycles. The third kappa shape index (κ3) is 3.08. The topological polar surface area (TPSA) is 68.2 Å². The normalized spacial score (nSPS) is 23.9. The van der Waals surface area contributed by atoms with Gasteiger partial charge in [-0.05, 0) is 55.2 Å². The number of aryl methyl sites for hydroxylation is 1. The lowest BCUT2D eigenvalue weighted by Crippen LogP contribution is -2.33. The maximum atomic E-state index is 12.4. The van der Waals surface area contributed by atoms with Crippen LogP contribution in [0, 0.1) is 5.92 Å². The Hall–Kier alpha value is -1.82. The molecule has 2 saturated carbocycles. The van der Waals surface area contributed by atoms with Crippen molar-refractivity contribution >= 4 is 26.8 Å². The van der Waals surface area contributed by atoms with E-state index in [0.717, 1.165) is 11.4 Å². The second-order valence-electron chi connectivity index (χ2n) is 7.72. The lowest BCUT2D eigenvalue weighted by atomic mass is 9.96. The highest BCUT2D eigenvalue weighted by Gasteiger charge is 2.37. The Morgan fingerprint density at radius 2 is 1.96 bits per heavy atom. The van der Waals surface area contributed by atoms with E-state index in [-0.39, 0.29) is 0 Å². The number of aromatic nitrogens is 1. The largest absolute Gasteiger partial charge is 0.350 e. The first-order valence-corrected chi connectivity index (χ1v) is 10.5. The quantitative estimate of drug-likeness (QED) is 0.909. The molecule has 2 aromatic rings. The first-order chi connectivity index (χ1) is 11.8. The minimum absolute atomic E-state index is 0.393. The van der Waals surface area contributed by atoms with Gasteiger partial charge in [-0.25, -0.2) is 13.1 Å². The van der Waals surface area contributed by atoms with Crippen LogP contribution in [0.15, 0.2) is 24.4 Å². The summed E-state index contributed by atoms with van der Waals surface area (Å²) in [6, 6.07) is 5.50. The standard InChI is InChI=1S/C19H24N2O3S/c1-12-3-4-13(9-12)17-11-21(2)18-10-14(5-8-16(17)18)19(22)20-25(23,24)15-6-7-15/h5,8,10-13,15H,3-4,6-7,9H2,1-2H3,(H,20,22)/t12-,13+/m0/s1. The van der Waals surface area contributed by atoms with Gasteiger partial charge in [0.05, 0.1) is 5.25 Å². The molecule has 0 aliphatic heterocycles. The third-order valence-corrected chi connectivity index (χ3v) is 7.44. The van der Waals surface area contributed by atoms with E-state index in [0.29, 0.717) is 24.3 Å². The van der Waals surface area contributed by atoms with Crippen LogP contribution in [0.3, 0.4) is 0 Å². The average molecular weight is 360 g/mol. The maximum absolute atomic E-state index is 12.4. The fourth-order valence-corrected chi connectivity index (χ4v) is 5.32. The summed E-state index contributed by atoms with van der Waals surface area (Å²) in [5.41, 5.74) is 2.72. The number of sulfonamides is 1. The fraction of sp³-hybridized carbons (Fsp3) is 0.526. The molecule has 134 valence electrons. The van der Waals surface area contributed by atoms with Crippen LogP contribution >= 0.6 is 0 Å². The van der Waals surface area contributed by atoms with E-state index in [4.69, 9.17) is 0 Å². The second kappa shape index (κ2) is 5.87. The minimum atomic E-state index is -3.52. The molecule has 4 rings (SSSR count). The molecule has 6 heteroatoms. The van der Waals surface area contributed by atoms with E-state index >= 15 is 0 Å². The summed E-state index contributed by atoms with van der Waals surface area (Å²) in [5, 5.41) is 0.773. The monoisotopic (exact) mass is 360 g/mol. The molecule has 1 N–H and O–H groups in total. The molecule has 0 radical (unpaired) electrons. The van der Waals surface area contributed by atoms with Gasteiger partial charge in [0, 0.05) is 29.7 Å². The lowest BCUT2D eigenvalue weighted by Gasteiger charge is -2.09. The summed E-state index contributed by atoms with van der Waals surface area (Å²) in [6.07, 6.45) is 7.13. The summed E-state index contributed by atoms with van der Waals surface area (Å²) in [6.45, 7) is 2.30. The number of hydrogen-bond acceptors (Lipinski definition) is 3. The van der Waals surface area contributed by atoms with Crippen LogP contribution in [0.5, 0.6) is 0 Å². The number of fused-ring (bicyclic) bond motifs is 1. The Kier molecular flexibility index (Phi) is 3.90. The van der Waals surface area contributed by atoms with Gasteiger partial charge in [-0.15, -0.1) is 0 Å². The summed E-state index contributed by atoms with van der Waals surface area (Å²) in [4.78, 5) is 12.4. The van der Waals surface area contributed by atoms with Gasteiger partial charge in [0.15, 0.2) is 0 Å². The van der Waals surface area contributed by atoms with Crippen LogP contribution in [0.2, 0.25) is 0 Å². The third-order valence-electron chi connectivity index (χ3n) is 5.62. The van der Waals surface area contributed by atoms with Crippen LogP contribution in [0.4, 0.5) is 0 Å². The molecule has 1 aromatic heterocycles. The number of carbonyl (C=O) groups is 1. The summed E-state index contributed by atoms with van der Waals surface area (Å²) in [5.74, 6) is 0.803. The number of rotatable bonds is 4. The highest BCUT2D eigenvalue weighted by atomic mass is 32.2. The molecule has 2 aliphatic carbocycles. The first-order valence-electron chi connectivity index (χ1n) is 9.00. The van der Waals surface area contributed by atoms with E-state index in [1.807, 2.05) is 17.7 Å². The van der Waals surface area contributed by atoms with Crippen molar-refractivity contribution in [3.63, 3.8) is 0 Å². The van der Waals surface area contributed by atoms with Gasteiger partial charge in [0.25, 0.3) is 5.91 Å². The van der Waals surface area contributed by atoms with Crippen molar-refractivity contribution in [2.24, 2.45) is 13.0 Å². The fourth-order valence-electron chi connectivity index (χ4n) is 4.02. The Bertz CT molecular complexity index is 941. The van der Waals surface area contributed by atoms with Crippen molar-refractivity contribution in [1.29, 1.82) is 0 Å². The Morgan fingerprint density at radius 3 is 2.60 bits per heavy atom. The van der Waals surface area contributed by atoms with E-state index in [1.54, 1.807) is 12.1 Å². The molecule has 2 aliphatic rings. The molecule has 1 amide bonds. The van der Waals surface area contributed by atoms with Gasteiger partial charge >= 0.3 is 0 Å². The summed E-state index contributed by atoms with van der Waals surface area (Å²) < 4.78 is 28.2. The highest BCUT2D eigenvalue weighted by molar-refractivity contribution is 7.91. The van der Waals surface area contributed by atoms with E-state index < -0.39 is 21.2 Å². The van der Waals surface area contributed by atoms with Crippen molar-refractivity contribution in [2.75, 3.05) is 0 Å². The molecule has 2 fully saturated rings. The molecular formula is C19H24N2O3S. The molecule has 0 spiro atoms. The molecule has 25 heavy (non-hydrogen) atoms. The van der Waals surface area contributed by atoms with Crippen LogP contribution in [-0.2, 0) is 17.1 Å².